The largest absolute Gasteiger partial charge is 0.252 e. The van der Waals surface area contributed by atoms with Crippen molar-refractivity contribution in [2.75, 3.05) is 13.2 Å². The van der Waals surface area contributed by atoms with E-state index in [1.54, 1.807) is 0 Å². The summed E-state index contributed by atoms with van der Waals surface area (Å²) < 4.78 is -0.0445. The summed E-state index contributed by atoms with van der Waals surface area (Å²) in [5.41, 5.74) is 1.76. The lowest BCUT2D eigenvalue weighted by molar-refractivity contribution is -0.359. The molecule has 0 unspecified atom stereocenters. The summed E-state index contributed by atoms with van der Waals surface area (Å²) in [4.78, 5) is 15.0. The van der Waals surface area contributed by atoms with Gasteiger partial charge in [-0.3, -0.25) is 5.26 Å². The van der Waals surface area contributed by atoms with Gasteiger partial charge >= 0.3 is 0 Å². The third-order valence-corrected chi connectivity index (χ3v) is 4.66. The number of fused-ring (bicyclic) bond motifs is 1. The second kappa shape index (κ2) is 8.60. The molecular weight excluding hydrogens is 384 g/mol. The minimum atomic E-state index is -0.547. The first-order chi connectivity index (χ1) is 11.7. The van der Waals surface area contributed by atoms with Gasteiger partial charge < -0.3 is 0 Å². The van der Waals surface area contributed by atoms with Crippen LogP contribution in [-0.2, 0) is 24.6 Å². The van der Waals surface area contributed by atoms with E-state index in [0.29, 0.717) is 13.2 Å². The Bertz CT molecular complexity index is 692. The number of halogens is 1. The fourth-order valence-corrected chi connectivity index (χ4v) is 2.80. The van der Waals surface area contributed by atoms with E-state index in [1.807, 2.05) is 13.8 Å². The van der Waals surface area contributed by atoms with Crippen LogP contribution in [0.4, 0.5) is 0 Å². The molecule has 25 heavy (non-hydrogen) atoms. The van der Waals surface area contributed by atoms with E-state index in [-0.39, 0.29) is 4.32 Å². The number of benzene rings is 2. The minimum absolute atomic E-state index is 0.0445. The van der Waals surface area contributed by atoms with Gasteiger partial charge in [0.15, 0.2) is 0 Å². The zero-order chi connectivity index (χ0) is 18.5. The molecule has 0 aliphatic rings. The summed E-state index contributed by atoms with van der Waals surface area (Å²) in [5, 5.41) is 10.7. The molecule has 2 aromatic carbocycles. The smallest absolute Gasteiger partial charge is 0.123 e. The van der Waals surface area contributed by atoms with Gasteiger partial charge in [0.1, 0.15) is 5.60 Å². The average Bonchev–Trinajstić information content (AvgIpc) is 2.56. The second-order valence-corrected chi connectivity index (χ2v) is 9.19. The molecular formula is C20H27BrO4. The van der Waals surface area contributed by atoms with Gasteiger partial charge in [0.25, 0.3) is 0 Å². The Balaban J connectivity index is 2.06. The standard InChI is InChI=1S/C20H27BrO4/c1-19(2,21)17-9-7-16-14-18(10-8-15(16)13-17)20(3,4)25-24-12-6-5-11-23-22/h7-10,13-14,22H,5-6,11-12H2,1-4H3. The lowest BCUT2D eigenvalue weighted by atomic mass is 9.93. The Hall–Kier alpha value is -0.980. The van der Waals surface area contributed by atoms with Gasteiger partial charge in [-0.25, -0.2) is 14.7 Å². The highest BCUT2D eigenvalue weighted by Crippen LogP contribution is 2.33. The predicted octanol–water partition coefficient (Wildman–Crippen LogP) is 5.92. The van der Waals surface area contributed by atoms with Crippen molar-refractivity contribution in [2.45, 2.75) is 50.5 Å². The molecule has 0 fully saturated rings. The first-order valence-corrected chi connectivity index (χ1v) is 9.34. The third kappa shape index (κ3) is 5.76. The molecule has 0 spiro atoms. The molecule has 5 heteroatoms. The average molecular weight is 411 g/mol. The third-order valence-electron chi connectivity index (χ3n) is 4.20. The molecule has 0 aliphatic heterocycles. The van der Waals surface area contributed by atoms with Crippen LogP contribution in [0.2, 0.25) is 0 Å². The molecule has 0 amide bonds. The Morgan fingerprint density at radius 1 is 0.880 bits per heavy atom. The summed E-state index contributed by atoms with van der Waals surface area (Å²) >= 11 is 3.71. The van der Waals surface area contributed by atoms with Gasteiger partial charge in [-0.15, -0.1) is 0 Å². The summed E-state index contributed by atoms with van der Waals surface area (Å²) in [5.74, 6) is 0. The fraction of sp³-hybridized carbons (Fsp3) is 0.500. The van der Waals surface area contributed by atoms with Crippen LogP contribution in [0.15, 0.2) is 36.4 Å². The van der Waals surface area contributed by atoms with Crippen molar-refractivity contribution >= 4 is 26.7 Å². The fourth-order valence-electron chi connectivity index (χ4n) is 2.55. The van der Waals surface area contributed by atoms with Crippen LogP contribution in [0.25, 0.3) is 10.8 Å². The van der Waals surface area contributed by atoms with Crippen LogP contribution in [-0.4, -0.2) is 18.5 Å². The number of hydrogen-bond acceptors (Lipinski definition) is 4. The molecule has 4 nitrogen and oxygen atoms in total. The molecule has 0 bridgehead atoms. The highest BCUT2D eigenvalue weighted by Gasteiger charge is 2.23. The molecule has 2 aromatic rings. The summed E-state index contributed by atoms with van der Waals surface area (Å²) in [6.45, 7) is 9.03. The Kier molecular flexibility index (Phi) is 7.00. The normalized spacial score (nSPS) is 12.7. The highest BCUT2D eigenvalue weighted by molar-refractivity contribution is 9.09. The number of unbranched alkanes of at least 4 members (excludes halogenated alkanes) is 1. The van der Waals surface area contributed by atoms with Gasteiger partial charge in [0, 0.05) is 4.32 Å². The van der Waals surface area contributed by atoms with Crippen molar-refractivity contribution in [3.8, 4) is 0 Å². The Morgan fingerprint density at radius 3 is 2.04 bits per heavy atom. The van der Waals surface area contributed by atoms with Gasteiger partial charge in [-0.2, -0.15) is 0 Å². The zero-order valence-electron chi connectivity index (χ0n) is 15.3. The summed E-state index contributed by atoms with van der Waals surface area (Å²) in [6.07, 6.45) is 1.49. The minimum Gasteiger partial charge on any atom is -0.252 e. The maximum absolute atomic E-state index is 8.27. The highest BCUT2D eigenvalue weighted by atomic mass is 79.9. The van der Waals surface area contributed by atoms with Crippen LogP contribution < -0.4 is 0 Å². The molecule has 0 heterocycles. The molecule has 0 saturated heterocycles. The van der Waals surface area contributed by atoms with Gasteiger partial charge in [0.2, 0.25) is 0 Å². The zero-order valence-corrected chi connectivity index (χ0v) is 16.9. The molecule has 0 aliphatic carbocycles. The van der Waals surface area contributed by atoms with E-state index in [2.05, 4.69) is 71.1 Å². The van der Waals surface area contributed by atoms with Crippen LogP contribution >= 0.6 is 15.9 Å². The van der Waals surface area contributed by atoms with E-state index in [1.165, 1.54) is 16.3 Å². The molecule has 2 rings (SSSR count). The summed E-state index contributed by atoms with van der Waals surface area (Å²) in [7, 11) is 0. The quantitative estimate of drug-likeness (QED) is 0.241. The Labute approximate surface area is 158 Å². The maximum Gasteiger partial charge on any atom is 0.123 e. The molecule has 0 radical (unpaired) electrons. The first kappa shape index (κ1) is 20.3. The van der Waals surface area contributed by atoms with Gasteiger partial charge in [0.05, 0.1) is 13.2 Å². The molecule has 0 atom stereocenters. The predicted molar refractivity (Wildman–Crippen MR) is 104 cm³/mol. The van der Waals surface area contributed by atoms with Crippen LogP contribution in [0.5, 0.6) is 0 Å². The van der Waals surface area contributed by atoms with Crippen molar-refractivity contribution in [1.82, 2.24) is 0 Å². The van der Waals surface area contributed by atoms with Gasteiger partial charge in [-0.1, -0.05) is 40.2 Å². The molecule has 0 aromatic heterocycles. The van der Waals surface area contributed by atoms with E-state index in [0.717, 1.165) is 18.4 Å². The van der Waals surface area contributed by atoms with Gasteiger partial charge in [-0.05, 0) is 74.6 Å². The van der Waals surface area contributed by atoms with Crippen molar-refractivity contribution in [1.29, 1.82) is 0 Å². The van der Waals surface area contributed by atoms with Crippen LogP contribution in [0.1, 0.15) is 51.7 Å². The van der Waals surface area contributed by atoms with Crippen molar-refractivity contribution in [3.63, 3.8) is 0 Å². The van der Waals surface area contributed by atoms with Crippen molar-refractivity contribution in [2.24, 2.45) is 0 Å². The SMILES string of the molecule is CC(C)(Br)c1ccc2cc(C(C)(C)OOCCCCOO)ccc2c1. The van der Waals surface area contributed by atoms with Crippen molar-refractivity contribution in [3.05, 3.63) is 47.5 Å². The second-order valence-electron chi connectivity index (χ2n) is 7.21. The number of alkyl halides is 1. The first-order valence-electron chi connectivity index (χ1n) is 8.55. The maximum atomic E-state index is 8.27. The van der Waals surface area contributed by atoms with E-state index in [4.69, 9.17) is 15.0 Å². The van der Waals surface area contributed by atoms with E-state index in [9.17, 15) is 0 Å². The summed E-state index contributed by atoms with van der Waals surface area (Å²) in [6, 6.07) is 12.8. The molecule has 0 saturated carbocycles. The molecule has 138 valence electrons. The van der Waals surface area contributed by atoms with Crippen molar-refractivity contribution < 1.29 is 19.9 Å². The monoisotopic (exact) mass is 410 g/mol. The lowest BCUT2D eigenvalue weighted by Crippen LogP contribution is -2.22. The lowest BCUT2D eigenvalue weighted by Gasteiger charge is -2.25. The molecule has 1 N–H and O–H groups in total. The van der Waals surface area contributed by atoms with Crippen LogP contribution in [0, 0.1) is 0 Å². The van der Waals surface area contributed by atoms with Crippen LogP contribution in [0.3, 0.4) is 0 Å². The van der Waals surface area contributed by atoms with E-state index >= 15 is 0 Å². The Morgan fingerprint density at radius 2 is 1.44 bits per heavy atom. The number of hydrogen-bond donors (Lipinski definition) is 1. The number of rotatable bonds is 9. The van der Waals surface area contributed by atoms with E-state index < -0.39 is 5.60 Å². The topological polar surface area (TPSA) is 47.9 Å².